The van der Waals surface area contributed by atoms with E-state index in [0.29, 0.717) is 6.04 Å². The van der Waals surface area contributed by atoms with E-state index in [1.165, 1.54) is 12.1 Å². The second-order valence-corrected chi connectivity index (χ2v) is 5.31. The van der Waals surface area contributed by atoms with Crippen molar-refractivity contribution in [2.45, 2.75) is 31.8 Å². The van der Waals surface area contributed by atoms with Gasteiger partial charge in [0.15, 0.2) is 0 Å². The van der Waals surface area contributed by atoms with Crippen LogP contribution in [0.2, 0.25) is 0 Å². The second kappa shape index (κ2) is 5.12. The van der Waals surface area contributed by atoms with E-state index in [2.05, 4.69) is 5.32 Å². The molecule has 1 N–H and O–H groups in total. The monoisotopic (exact) mass is 272 g/mol. The first-order valence-electron chi connectivity index (χ1n) is 6.87. The van der Waals surface area contributed by atoms with Gasteiger partial charge < -0.3 is 9.88 Å². The zero-order valence-electron chi connectivity index (χ0n) is 11.3. The lowest BCUT2D eigenvalue weighted by Gasteiger charge is -2.13. The van der Waals surface area contributed by atoms with Crippen molar-refractivity contribution in [3.05, 3.63) is 48.5 Å². The highest BCUT2D eigenvalue weighted by Gasteiger charge is 2.26. The Hall–Kier alpha value is -2.10. The van der Waals surface area contributed by atoms with Gasteiger partial charge in [-0.05, 0) is 49.1 Å². The minimum absolute atomic E-state index is 0.0498. The van der Waals surface area contributed by atoms with Gasteiger partial charge in [0.2, 0.25) is 5.91 Å². The van der Waals surface area contributed by atoms with Crippen LogP contribution in [0.5, 0.6) is 0 Å². The standard InChI is InChI=1S/C16H17FN2O/c1-11(16(20)18-15-6-7-15)19-9-8-13(10-19)12-2-4-14(17)5-3-12/h2-5,8-11,15H,6-7H2,1H3,(H,18,20)/t11-/m1/s1. The molecule has 0 unspecified atom stereocenters. The molecule has 1 atom stereocenters. The van der Waals surface area contributed by atoms with Crippen molar-refractivity contribution in [1.29, 1.82) is 0 Å². The van der Waals surface area contributed by atoms with Crippen LogP contribution >= 0.6 is 0 Å². The van der Waals surface area contributed by atoms with Crippen LogP contribution in [-0.2, 0) is 4.79 Å². The van der Waals surface area contributed by atoms with Gasteiger partial charge in [-0.2, -0.15) is 0 Å². The third-order valence-corrected chi connectivity index (χ3v) is 3.64. The zero-order chi connectivity index (χ0) is 14.1. The molecule has 4 heteroatoms. The van der Waals surface area contributed by atoms with E-state index in [1.54, 1.807) is 12.1 Å². The first kappa shape index (κ1) is 12.9. The Labute approximate surface area is 117 Å². The molecule has 20 heavy (non-hydrogen) atoms. The van der Waals surface area contributed by atoms with Gasteiger partial charge in [0.1, 0.15) is 11.9 Å². The van der Waals surface area contributed by atoms with Crippen molar-refractivity contribution < 1.29 is 9.18 Å². The highest BCUT2D eigenvalue weighted by molar-refractivity contribution is 5.80. The van der Waals surface area contributed by atoms with Crippen LogP contribution in [0.15, 0.2) is 42.7 Å². The van der Waals surface area contributed by atoms with Crippen LogP contribution in [0.3, 0.4) is 0 Å². The SMILES string of the molecule is C[C@H](C(=O)NC1CC1)n1ccc(-c2ccc(F)cc2)c1. The summed E-state index contributed by atoms with van der Waals surface area (Å²) in [6.45, 7) is 1.88. The van der Waals surface area contributed by atoms with Gasteiger partial charge in [0, 0.05) is 18.4 Å². The van der Waals surface area contributed by atoms with Gasteiger partial charge in [-0.25, -0.2) is 4.39 Å². The number of rotatable bonds is 4. The maximum atomic E-state index is 12.9. The fraction of sp³-hybridized carbons (Fsp3) is 0.312. The number of hydrogen-bond donors (Lipinski definition) is 1. The number of amides is 1. The highest BCUT2D eigenvalue weighted by Crippen LogP contribution is 2.23. The summed E-state index contributed by atoms with van der Waals surface area (Å²) in [5, 5.41) is 3.00. The van der Waals surface area contributed by atoms with Crippen LogP contribution in [-0.4, -0.2) is 16.5 Å². The molecule has 1 fully saturated rings. The van der Waals surface area contributed by atoms with E-state index in [9.17, 15) is 9.18 Å². The Balaban J connectivity index is 1.75. The molecule has 0 radical (unpaired) electrons. The summed E-state index contributed by atoms with van der Waals surface area (Å²) < 4.78 is 14.8. The van der Waals surface area contributed by atoms with Gasteiger partial charge >= 0.3 is 0 Å². The third-order valence-electron chi connectivity index (χ3n) is 3.64. The minimum atomic E-state index is -0.245. The number of nitrogens with zero attached hydrogens (tertiary/aromatic N) is 1. The third kappa shape index (κ3) is 2.74. The van der Waals surface area contributed by atoms with Crippen molar-refractivity contribution >= 4 is 5.91 Å². The largest absolute Gasteiger partial charge is 0.352 e. The van der Waals surface area contributed by atoms with Crippen molar-refractivity contribution in [3.63, 3.8) is 0 Å². The fourth-order valence-corrected chi connectivity index (χ4v) is 2.15. The molecular formula is C16H17FN2O. The molecule has 3 nitrogen and oxygen atoms in total. The number of nitrogens with one attached hydrogen (secondary N) is 1. The average Bonchev–Trinajstić information content (AvgIpc) is 3.12. The average molecular weight is 272 g/mol. The molecule has 1 heterocycles. The second-order valence-electron chi connectivity index (χ2n) is 5.31. The summed E-state index contributed by atoms with van der Waals surface area (Å²) in [5.74, 6) is -0.195. The Morgan fingerprint density at radius 2 is 1.95 bits per heavy atom. The molecule has 0 spiro atoms. The fourth-order valence-electron chi connectivity index (χ4n) is 2.15. The summed E-state index contributed by atoms with van der Waals surface area (Å²) in [6.07, 6.45) is 5.98. The lowest BCUT2D eigenvalue weighted by atomic mass is 10.1. The predicted molar refractivity (Wildman–Crippen MR) is 75.7 cm³/mol. The van der Waals surface area contributed by atoms with Gasteiger partial charge in [-0.15, -0.1) is 0 Å². The molecule has 104 valence electrons. The summed E-state index contributed by atoms with van der Waals surface area (Å²) in [7, 11) is 0. The van der Waals surface area contributed by atoms with Crippen LogP contribution in [0, 0.1) is 5.82 Å². The molecule has 1 aromatic heterocycles. The van der Waals surface area contributed by atoms with Gasteiger partial charge in [-0.3, -0.25) is 4.79 Å². The van der Waals surface area contributed by atoms with Gasteiger partial charge in [0.05, 0.1) is 0 Å². The van der Waals surface area contributed by atoms with E-state index >= 15 is 0 Å². The Morgan fingerprint density at radius 1 is 1.25 bits per heavy atom. The van der Waals surface area contributed by atoms with E-state index in [1.807, 2.05) is 30.0 Å². The Kier molecular flexibility index (Phi) is 3.30. The van der Waals surface area contributed by atoms with E-state index in [4.69, 9.17) is 0 Å². The van der Waals surface area contributed by atoms with Crippen LogP contribution in [0.1, 0.15) is 25.8 Å². The number of hydrogen-bond acceptors (Lipinski definition) is 1. The normalized spacial score (nSPS) is 15.9. The first-order chi connectivity index (χ1) is 9.63. The van der Waals surface area contributed by atoms with Crippen LogP contribution in [0.25, 0.3) is 11.1 Å². The Bertz CT molecular complexity index is 614. The maximum Gasteiger partial charge on any atom is 0.242 e. The molecule has 1 saturated carbocycles. The number of carbonyl (C=O) groups excluding carboxylic acids is 1. The maximum absolute atomic E-state index is 12.9. The molecule has 0 bridgehead atoms. The summed E-state index contributed by atoms with van der Waals surface area (Å²) in [6, 6.07) is 8.44. The van der Waals surface area contributed by atoms with Crippen LogP contribution < -0.4 is 5.32 Å². The van der Waals surface area contributed by atoms with E-state index < -0.39 is 0 Å². The lowest BCUT2D eigenvalue weighted by molar-refractivity contribution is -0.124. The summed E-state index contributed by atoms with van der Waals surface area (Å²) >= 11 is 0. The first-order valence-corrected chi connectivity index (χ1v) is 6.87. The number of carbonyl (C=O) groups is 1. The van der Waals surface area contributed by atoms with Crippen molar-refractivity contribution in [2.75, 3.05) is 0 Å². The van der Waals surface area contributed by atoms with Gasteiger partial charge in [0.25, 0.3) is 0 Å². The molecule has 1 aliphatic carbocycles. The smallest absolute Gasteiger partial charge is 0.242 e. The van der Waals surface area contributed by atoms with E-state index in [0.717, 1.165) is 24.0 Å². The van der Waals surface area contributed by atoms with E-state index in [-0.39, 0.29) is 17.8 Å². The predicted octanol–water partition coefficient (Wildman–Crippen LogP) is 3.13. The molecule has 1 amide bonds. The van der Waals surface area contributed by atoms with Crippen molar-refractivity contribution in [3.8, 4) is 11.1 Å². The molecule has 1 aliphatic rings. The highest BCUT2D eigenvalue weighted by atomic mass is 19.1. The quantitative estimate of drug-likeness (QED) is 0.911. The lowest BCUT2D eigenvalue weighted by Crippen LogP contribution is -2.32. The molecule has 1 aromatic carbocycles. The summed E-state index contributed by atoms with van der Waals surface area (Å²) in [5.41, 5.74) is 1.93. The summed E-state index contributed by atoms with van der Waals surface area (Å²) in [4.78, 5) is 12.0. The number of benzene rings is 1. The molecule has 3 rings (SSSR count). The number of aromatic nitrogens is 1. The minimum Gasteiger partial charge on any atom is -0.352 e. The topological polar surface area (TPSA) is 34.0 Å². The van der Waals surface area contributed by atoms with Crippen molar-refractivity contribution in [2.24, 2.45) is 0 Å². The van der Waals surface area contributed by atoms with Crippen LogP contribution in [0.4, 0.5) is 4.39 Å². The van der Waals surface area contributed by atoms with Gasteiger partial charge in [-0.1, -0.05) is 12.1 Å². The van der Waals surface area contributed by atoms with Crippen molar-refractivity contribution in [1.82, 2.24) is 9.88 Å². The Morgan fingerprint density at radius 3 is 2.60 bits per heavy atom. The molecule has 0 saturated heterocycles. The molecule has 2 aromatic rings. The zero-order valence-corrected chi connectivity index (χ0v) is 11.3. The molecular weight excluding hydrogens is 255 g/mol. The molecule has 0 aliphatic heterocycles. The number of halogens is 1.